The molecule has 4 heteroatoms. The Kier molecular flexibility index (Phi) is 3.65. The van der Waals surface area contributed by atoms with Crippen molar-refractivity contribution in [2.45, 2.75) is 38.7 Å². The first kappa shape index (κ1) is 17.3. The van der Waals surface area contributed by atoms with E-state index in [1.165, 1.54) is 48.5 Å². The van der Waals surface area contributed by atoms with Gasteiger partial charge in [-0.2, -0.15) is 0 Å². The van der Waals surface area contributed by atoms with Crippen molar-refractivity contribution in [3.63, 3.8) is 0 Å². The summed E-state index contributed by atoms with van der Waals surface area (Å²) in [6, 6.07) is 11.3. The first-order valence-electron chi connectivity index (χ1n) is 9.01. The monoisotopic (exact) mass is 356 g/mol. The zero-order valence-corrected chi connectivity index (χ0v) is 14.9. The van der Waals surface area contributed by atoms with E-state index in [-0.39, 0.29) is 11.7 Å². The van der Waals surface area contributed by atoms with Crippen LogP contribution >= 0.6 is 0 Å². The predicted octanol–water partition coefficient (Wildman–Crippen LogP) is 4.60. The van der Waals surface area contributed by atoms with Crippen molar-refractivity contribution >= 4 is 5.78 Å². The molecule has 2 atom stereocenters. The molecule has 4 rings (SSSR count). The number of halogens is 2. The van der Waals surface area contributed by atoms with Crippen LogP contribution in [0.15, 0.2) is 48.5 Å². The van der Waals surface area contributed by atoms with E-state index in [1.807, 2.05) is 13.8 Å². The molecular formula is C22H22F2O2. The standard InChI is InChI=1S/C22H22F2O2/c1-20(2)16-11-12-21(20,19(25)13-16)22(26,14-3-7-17(23)8-4-14)15-5-9-18(24)10-6-15/h3-10,16,26H,11-13H2,1-2H3/t16-,21-/m1/s1. The highest BCUT2D eigenvalue weighted by Gasteiger charge is 2.73. The summed E-state index contributed by atoms with van der Waals surface area (Å²) in [6.07, 6.45) is 1.87. The van der Waals surface area contributed by atoms with Gasteiger partial charge in [0.1, 0.15) is 23.0 Å². The van der Waals surface area contributed by atoms with Crippen LogP contribution in [0.4, 0.5) is 8.78 Å². The van der Waals surface area contributed by atoms with Crippen molar-refractivity contribution in [3.05, 3.63) is 71.3 Å². The first-order valence-corrected chi connectivity index (χ1v) is 9.01. The Hall–Kier alpha value is -2.07. The van der Waals surface area contributed by atoms with Crippen molar-refractivity contribution in [3.8, 4) is 0 Å². The molecule has 0 unspecified atom stereocenters. The maximum Gasteiger partial charge on any atom is 0.143 e. The average Bonchev–Trinajstić information content (AvgIpc) is 2.98. The molecule has 0 aromatic heterocycles. The van der Waals surface area contributed by atoms with Crippen molar-refractivity contribution in [1.82, 2.24) is 0 Å². The highest BCUT2D eigenvalue weighted by Crippen LogP contribution is 2.71. The third-order valence-corrected chi connectivity index (χ3v) is 7.04. The van der Waals surface area contributed by atoms with Crippen LogP contribution in [0, 0.1) is 28.4 Å². The van der Waals surface area contributed by atoms with E-state index in [1.54, 1.807) is 0 Å². The molecule has 136 valence electrons. The molecule has 0 aliphatic heterocycles. The molecule has 2 aromatic carbocycles. The SMILES string of the molecule is CC1(C)[C@@H]2CC[C@@]1(C(O)(c1ccc(F)cc1)c1ccc(F)cc1)C(=O)C2. The Balaban J connectivity index is 2.02. The summed E-state index contributed by atoms with van der Waals surface area (Å²) in [7, 11) is 0. The molecule has 2 aliphatic carbocycles. The van der Waals surface area contributed by atoms with Gasteiger partial charge >= 0.3 is 0 Å². The number of fused-ring (bicyclic) bond motifs is 2. The average molecular weight is 356 g/mol. The number of rotatable bonds is 3. The van der Waals surface area contributed by atoms with Gasteiger partial charge in [-0.05, 0) is 59.6 Å². The summed E-state index contributed by atoms with van der Waals surface area (Å²) >= 11 is 0. The number of hydrogen-bond acceptors (Lipinski definition) is 2. The van der Waals surface area contributed by atoms with Crippen LogP contribution in [0.2, 0.25) is 0 Å². The highest BCUT2D eigenvalue weighted by atomic mass is 19.1. The molecule has 2 saturated carbocycles. The minimum absolute atomic E-state index is 0.0369. The second kappa shape index (κ2) is 5.46. The van der Waals surface area contributed by atoms with Gasteiger partial charge in [0.15, 0.2) is 0 Å². The summed E-state index contributed by atoms with van der Waals surface area (Å²) < 4.78 is 27.0. The van der Waals surface area contributed by atoms with Crippen LogP contribution in [0.1, 0.15) is 44.2 Å². The largest absolute Gasteiger partial charge is 0.379 e. The summed E-state index contributed by atoms with van der Waals surface area (Å²) in [5, 5.41) is 12.2. The fourth-order valence-corrected chi connectivity index (χ4v) is 5.57. The third kappa shape index (κ3) is 1.96. The van der Waals surface area contributed by atoms with Crippen LogP contribution < -0.4 is 0 Å². The molecule has 0 heterocycles. The molecule has 2 bridgehead atoms. The summed E-state index contributed by atoms with van der Waals surface area (Å²) in [5.74, 6) is -0.569. The van der Waals surface area contributed by atoms with E-state index in [2.05, 4.69) is 0 Å². The smallest absolute Gasteiger partial charge is 0.143 e. The van der Waals surface area contributed by atoms with Crippen molar-refractivity contribution in [1.29, 1.82) is 0 Å². The van der Waals surface area contributed by atoms with Gasteiger partial charge in [-0.3, -0.25) is 4.79 Å². The molecule has 2 aliphatic rings. The minimum Gasteiger partial charge on any atom is -0.379 e. The van der Waals surface area contributed by atoms with Gasteiger partial charge in [-0.15, -0.1) is 0 Å². The van der Waals surface area contributed by atoms with E-state index in [9.17, 15) is 18.7 Å². The molecule has 26 heavy (non-hydrogen) atoms. The molecule has 0 amide bonds. The van der Waals surface area contributed by atoms with Crippen molar-refractivity contribution < 1.29 is 18.7 Å². The minimum atomic E-state index is -1.64. The van der Waals surface area contributed by atoms with Gasteiger partial charge in [-0.1, -0.05) is 38.1 Å². The van der Waals surface area contributed by atoms with E-state index < -0.39 is 28.1 Å². The molecule has 2 nitrogen and oxygen atoms in total. The van der Waals surface area contributed by atoms with Gasteiger partial charge in [0.25, 0.3) is 0 Å². The van der Waals surface area contributed by atoms with Crippen LogP contribution in [0.5, 0.6) is 0 Å². The van der Waals surface area contributed by atoms with Crippen LogP contribution in [-0.2, 0) is 10.4 Å². The van der Waals surface area contributed by atoms with Crippen LogP contribution in [-0.4, -0.2) is 10.9 Å². The topological polar surface area (TPSA) is 37.3 Å². The lowest BCUT2D eigenvalue weighted by atomic mass is 9.55. The van der Waals surface area contributed by atoms with E-state index in [0.29, 0.717) is 24.0 Å². The normalized spacial score (nSPS) is 27.1. The quantitative estimate of drug-likeness (QED) is 0.873. The van der Waals surface area contributed by atoms with E-state index >= 15 is 0 Å². The lowest BCUT2D eigenvalue weighted by Gasteiger charge is -2.50. The van der Waals surface area contributed by atoms with Crippen LogP contribution in [0.25, 0.3) is 0 Å². The zero-order valence-electron chi connectivity index (χ0n) is 14.9. The number of carbonyl (C=O) groups is 1. The Morgan fingerprint density at radius 3 is 1.77 bits per heavy atom. The van der Waals surface area contributed by atoms with Crippen molar-refractivity contribution in [2.75, 3.05) is 0 Å². The molecule has 0 saturated heterocycles. The molecule has 0 radical (unpaired) electrons. The number of hydrogen-bond donors (Lipinski definition) is 1. The Bertz CT molecular complexity index is 809. The molecule has 0 spiro atoms. The second-order valence-electron chi connectivity index (χ2n) is 8.21. The van der Waals surface area contributed by atoms with Gasteiger partial charge in [0.05, 0.1) is 5.41 Å². The van der Waals surface area contributed by atoms with E-state index in [0.717, 1.165) is 6.42 Å². The molecule has 2 aromatic rings. The molecule has 1 N–H and O–H groups in total. The second-order valence-corrected chi connectivity index (χ2v) is 8.21. The maximum absolute atomic E-state index is 13.5. The van der Waals surface area contributed by atoms with Crippen molar-refractivity contribution in [2.24, 2.45) is 16.7 Å². The summed E-state index contributed by atoms with van der Waals surface area (Å²) in [6.45, 7) is 4.07. The Morgan fingerprint density at radius 1 is 0.962 bits per heavy atom. The molecule has 2 fully saturated rings. The Morgan fingerprint density at radius 2 is 1.42 bits per heavy atom. The highest BCUT2D eigenvalue weighted by molar-refractivity contribution is 5.92. The summed E-state index contributed by atoms with van der Waals surface area (Å²) in [4.78, 5) is 13.2. The van der Waals surface area contributed by atoms with Gasteiger partial charge < -0.3 is 5.11 Å². The van der Waals surface area contributed by atoms with Gasteiger partial charge in [0, 0.05) is 6.42 Å². The van der Waals surface area contributed by atoms with Gasteiger partial charge in [-0.25, -0.2) is 8.78 Å². The van der Waals surface area contributed by atoms with Crippen LogP contribution in [0.3, 0.4) is 0 Å². The van der Waals surface area contributed by atoms with E-state index in [4.69, 9.17) is 0 Å². The predicted molar refractivity (Wildman–Crippen MR) is 94.4 cm³/mol. The lowest BCUT2D eigenvalue weighted by Crippen LogP contribution is -2.54. The number of aliphatic hydroxyl groups is 1. The Labute approximate surface area is 151 Å². The van der Waals surface area contributed by atoms with Gasteiger partial charge in [0.2, 0.25) is 0 Å². The third-order valence-electron chi connectivity index (χ3n) is 7.04. The fourth-order valence-electron chi connectivity index (χ4n) is 5.57. The first-order chi connectivity index (χ1) is 12.2. The summed E-state index contributed by atoms with van der Waals surface area (Å²) in [5.41, 5.74) is -2.13. The number of carbonyl (C=O) groups excluding carboxylic acids is 1. The maximum atomic E-state index is 13.5. The fraction of sp³-hybridized carbons (Fsp3) is 0.409. The number of ketones is 1. The zero-order chi connectivity index (χ0) is 18.7. The molecular weight excluding hydrogens is 334 g/mol. The lowest BCUT2D eigenvalue weighted by molar-refractivity contribution is -0.151. The number of Topliss-reactive ketones (excluding diaryl/α,β-unsaturated/α-hetero) is 1. The number of benzene rings is 2.